The molecule has 0 aliphatic carbocycles. The van der Waals surface area contributed by atoms with Crippen LogP contribution in [0.25, 0.3) is 0 Å². The van der Waals surface area contributed by atoms with Gasteiger partial charge in [0.05, 0.1) is 0 Å². The third-order valence-electron chi connectivity index (χ3n) is 2.55. The van der Waals surface area contributed by atoms with Gasteiger partial charge in [-0.3, -0.25) is 0 Å². The summed E-state index contributed by atoms with van der Waals surface area (Å²) in [5.74, 6) is 0. The standard InChI is InChI=1S/C10H24NO2/c1-5-7-8-9-13-11(4,6-2)10(3)12/h10,12H,5-9H2,1-4H3/q+1. The van der Waals surface area contributed by atoms with Crippen LogP contribution in [0.1, 0.15) is 40.0 Å². The summed E-state index contributed by atoms with van der Waals surface area (Å²) in [5.41, 5.74) is 0. The first-order valence-electron chi connectivity index (χ1n) is 5.24. The molecular formula is C10H24NO2+. The van der Waals surface area contributed by atoms with Gasteiger partial charge in [0.25, 0.3) is 0 Å². The molecule has 0 aromatic carbocycles. The first-order valence-corrected chi connectivity index (χ1v) is 5.24. The highest BCUT2D eigenvalue weighted by Gasteiger charge is 2.27. The minimum Gasteiger partial charge on any atom is -0.343 e. The van der Waals surface area contributed by atoms with Gasteiger partial charge in [0.1, 0.15) is 20.2 Å². The van der Waals surface area contributed by atoms with Crippen LogP contribution in [0.15, 0.2) is 0 Å². The maximum absolute atomic E-state index is 9.48. The van der Waals surface area contributed by atoms with E-state index >= 15 is 0 Å². The Kier molecular flexibility index (Phi) is 6.29. The van der Waals surface area contributed by atoms with Crippen LogP contribution in [-0.2, 0) is 4.84 Å². The van der Waals surface area contributed by atoms with E-state index in [4.69, 9.17) is 4.84 Å². The molecular weight excluding hydrogens is 166 g/mol. The molecule has 2 atom stereocenters. The zero-order valence-corrected chi connectivity index (χ0v) is 9.42. The van der Waals surface area contributed by atoms with Gasteiger partial charge in [-0.2, -0.15) is 4.65 Å². The predicted octanol–water partition coefficient (Wildman–Crippen LogP) is 1.91. The topological polar surface area (TPSA) is 29.5 Å². The van der Waals surface area contributed by atoms with Crippen molar-refractivity contribution in [2.75, 3.05) is 20.2 Å². The third kappa shape index (κ3) is 4.60. The summed E-state index contributed by atoms with van der Waals surface area (Å²) in [6.45, 7) is 7.49. The average molecular weight is 190 g/mol. The van der Waals surface area contributed by atoms with E-state index < -0.39 is 6.23 Å². The number of hydroxylamine groups is 3. The normalized spacial score (nSPS) is 18.2. The average Bonchev–Trinajstić information content (AvgIpc) is 2.12. The van der Waals surface area contributed by atoms with Crippen LogP contribution in [0.3, 0.4) is 0 Å². The number of rotatable bonds is 7. The van der Waals surface area contributed by atoms with Gasteiger partial charge in [-0.25, -0.2) is 4.84 Å². The van der Waals surface area contributed by atoms with Crippen molar-refractivity contribution in [3.8, 4) is 0 Å². The number of hydrogen-bond acceptors (Lipinski definition) is 2. The van der Waals surface area contributed by atoms with Crippen LogP contribution in [0, 0.1) is 0 Å². The molecule has 0 aliphatic heterocycles. The maximum Gasteiger partial charge on any atom is 0.217 e. The van der Waals surface area contributed by atoms with Gasteiger partial charge in [-0.1, -0.05) is 19.8 Å². The minimum absolute atomic E-state index is 0.295. The van der Waals surface area contributed by atoms with E-state index in [1.807, 2.05) is 14.0 Å². The highest BCUT2D eigenvalue weighted by Crippen LogP contribution is 2.09. The molecule has 0 aromatic rings. The lowest BCUT2D eigenvalue weighted by atomic mass is 10.3. The van der Waals surface area contributed by atoms with E-state index in [0.29, 0.717) is 4.65 Å². The van der Waals surface area contributed by atoms with Gasteiger partial charge >= 0.3 is 0 Å². The summed E-state index contributed by atoms with van der Waals surface area (Å²) in [4.78, 5) is 5.63. The van der Waals surface area contributed by atoms with Crippen LogP contribution in [0.4, 0.5) is 0 Å². The number of aliphatic hydroxyl groups is 1. The van der Waals surface area contributed by atoms with Crippen LogP contribution in [-0.4, -0.2) is 36.2 Å². The number of unbranched alkanes of at least 4 members (excludes halogenated alkanes) is 2. The van der Waals surface area contributed by atoms with E-state index in [1.54, 1.807) is 6.92 Å². The summed E-state index contributed by atoms with van der Waals surface area (Å²) < 4.78 is 0.295. The first kappa shape index (κ1) is 12.9. The summed E-state index contributed by atoms with van der Waals surface area (Å²) in [7, 11) is 1.91. The Morgan fingerprint density at radius 1 is 1.31 bits per heavy atom. The molecule has 0 fully saturated rings. The third-order valence-corrected chi connectivity index (χ3v) is 2.55. The molecule has 80 valence electrons. The fourth-order valence-corrected chi connectivity index (χ4v) is 1.09. The second-order valence-electron chi connectivity index (χ2n) is 3.66. The van der Waals surface area contributed by atoms with Crippen molar-refractivity contribution < 1.29 is 14.6 Å². The Labute approximate surface area is 81.9 Å². The van der Waals surface area contributed by atoms with Crippen LogP contribution in [0.2, 0.25) is 0 Å². The smallest absolute Gasteiger partial charge is 0.217 e. The lowest BCUT2D eigenvalue weighted by Crippen LogP contribution is -2.50. The number of aliphatic hydroxyl groups excluding tert-OH is 1. The zero-order chi connectivity index (χ0) is 10.3. The maximum atomic E-state index is 9.48. The minimum atomic E-state index is -0.452. The molecule has 13 heavy (non-hydrogen) atoms. The van der Waals surface area contributed by atoms with Gasteiger partial charge in [0.15, 0.2) is 0 Å². The van der Waals surface area contributed by atoms with Crippen molar-refractivity contribution in [1.29, 1.82) is 0 Å². The van der Waals surface area contributed by atoms with Crippen molar-refractivity contribution in [3.63, 3.8) is 0 Å². The van der Waals surface area contributed by atoms with Crippen LogP contribution in [0.5, 0.6) is 0 Å². The Balaban J connectivity index is 3.71. The largest absolute Gasteiger partial charge is 0.343 e. The van der Waals surface area contributed by atoms with Gasteiger partial charge in [-0.15, -0.1) is 0 Å². The lowest BCUT2D eigenvalue weighted by molar-refractivity contribution is -1.12. The Bertz CT molecular complexity index is 128. The zero-order valence-electron chi connectivity index (χ0n) is 9.42. The van der Waals surface area contributed by atoms with Crippen molar-refractivity contribution in [3.05, 3.63) is 0 Å². The van der Waals surface area contributed by atoms with Gasteiger partial charge in [0.2, 0.25) is 6.23 Å². The number of nitrogens with zero attached hydrogens (tertiary/aromatic N) is 1. The summed E-state index contributed by atoms with van der Waals surface area (Å²) in [6, 6.07) is 0. The fraction of sp³-hybridized carbons (Fsp3) is 1.00. The molecule has 0 heterocycles. The number of hydrogen-bond donors (Lipinski definition) is 1. The van der Waals surface area contributed by atoms with Crippen LogP contribution < -0.4 is 0 Å². The monoisotopic (exact) mass is 190 g/mol. The molecule has 0 saturated carbocycles. The quantitative estimate of drug-likeness (QED) is 0.287. The van der Waals surface area contributed by atoms with E-state index in [-0.39, 0.29) is 0 Å². The lowest BCUT2D eigenvalue weighted by Gasteiger charge is -2.32. The molecule has 1 N–H and O–H groups in total. The molecule has 0 spiro atoms. The molecule has 0 bridgehead atoms. The molecule has 0 amide bonds. The molecule has 0 radical (unpaired) electrons. The molecule has 0 rings (SSSR count). The van der Waals surface area contributed by atoms with Gasteiger partial charge in [-0.05, 0) is 13.3 Å². The summed E-state index contributed by atoms with van der Waals surface area (Å²) in [6.07, 6.45) is 3.03. The highest BCUT2D eigenvalue weighted by molar-refractivity contribution is 4.33. The van der Waals surface area contributed by atoms with E-state index in [1.165, 1.54) is 12.8 Å². The van der Waals surface area contributed by atoms with E-state index in [9.17, 15) is 5.11 Å². The molecule has 2 unspecified atom stereocenters. The first-order chi connectivity index (χ1) is 6.06. The summed E-state index contributed by atoms with van der Waals surface area (Å²) in [5, 5.41) is 9.48. The van der Waals surface area contributed by atoms with Crippen LogP contribution >= 0.6 is 0 Å². The predicted molar refractivity (Wildman–Crippen MR) is 53.9 cm³/mol. The molecule has 3 nitrogen and oxygen atoms in total. The Morgan fingerprint density at radius 3 is 2.31 bits per heavy atom. The van der Waals surface area contributed by atoms with Gasteiger partial charge in [0, 0.05) is 6.92 Å². The van der Waals surface area contributed by atoms with Crippen molar-refractivity contribution in [2.24, 2.45) is 0 Å². The Hall–Kier alpha value is -0.120. The SMILES string of the molecule is CCCCCO[N+](C)(CC)C(C)O. The molecule has 0 aliphatic rings. The fourth-order valence-electron chi connectivity index (χ4n) is 1.09. The van der Waals surface area contributed by atoms with E-state index in [2.05, 4.69) is 6.92 Å². The van der Waals surface area contributed by atoms with Crippen molar-refractivity contribution >= 4 is 0 Å². The molecule has 3 heteroatoms. The van der Waals surface area contributed by atoms with Gasteiger partial charge < -0.3 is 5.11 Å². The second-order valence-corrected chi connectivity index (χ2v) is 3.66. The summed E-state index contributed by atoms with van der Waals surface area (Å²) >= 11 is 0. The van der Waals surface area contributed by atoms with E-state index in [0.717, 1.165) is 19.6 Å². The number of quaternary nitrogens is 1. The van der Waals surface area contributed by atoms with Crippen molar-refractivity contribution in [2.45, 2.75) is 46.3 Å². The highest BCUT2D eigenvalue weighted by atomic mass is 16.7. The Morgan fingerprint density at radius 2 is 1.92 bits per heavy atom. The van der Waals surface area contributed by atoms with Crippen molar-refractivity contribution in [1.82, 2.24) is 0 Å². The second kappa shape index (κ2) is 6.35. The molecule has 0 aromatic heterocycles. The molecule has 0 saturated heterocycles.